The number of rotatable bonds is 5. The molecule has 1 saturated heterocycles. The molecule has 1 aliphatic rings. The Labute approximate surface area is 140 Å². The lowest BCUT2D eigenvalue weighted by Crippen LogP contribution is -2.49. The van der Waals surface area contributed by atoms with Crippen LogP contribution in [-0.2, 0) is 11.2 Å². The molecular weight excluding hydrogens is 315 g/mol. The van der Waals surface area contributed by atoms with Gasteiger partial charge in [-0.15, -0.1) is 0 Å². The van der Waals surface area contributed by atoms with E-state index in [9.17, 15) is 14.0 Å². The van der Waals surface area contributed by atoms with Gasteiger partial charge in [-0.05, 0) is 36.5 Å². The molecule has 1 fully saturated rings. The number of piperidine rings is 1. The van der Waals surface area contributed by atoms with Crippen molar-refractivity contribution in [3.63, 3.8) is 0 Å². The van der Waals surface area contributed by atoms with Gasteiger partial charge in [-0.25, -0.2) is 9.18 Å². The van der Waals surface area contributed by atoms with Gasteiger partial charge in [0.05, 0.1) is 13.0 Å². The molecule has 1 heterocycles. The zero-order valence-corrected chi connectivity index (χ0v) is 13.9. The lowest BCUT2D eigenvalue weighted by atomic mass is 9.91. The van der Waals surface area contributed by atoms with Crippen LogP contribution in [0.5, 0.6) is 5.75 Å². The third kappa shape index (κ3) is 4.59. The maximum atomic E-state index is 13.6. The van der Waals surface area contributed by atoms with Crippen molar-refractivity contribution in [3.8, 4) is 5.75 Å². The van der Waals surface area contributed by atoms with Gasteiger partial charge in [0, 0.05) is 19.6 Å². The fraction of sp³-hybridized carbons (Fsp3) is 0.529. The zero-order chi connectivity index (χ0) is 17.7. The number of likely N-dealkylation sites (tertiary alicyclic amines) is 1. The number of carboxylic acids is 1. The van der Waals surface area contributed by atoms with Crippen LogP contribution in [0.4, 0.5) is 9.18 Å². The maximum absolute atomic E-state index is 13.6. The predicted octanol–water partition coefficient (Wildman–Crippen LogP) is 2.13. The summed E-state index contributed by atoms with van der Waals surface area (Å²) in [6.07, 6.45) is 1.07. The zero-order valence-electron chi connectivity index (χ0n) is 13.9. The highest BCUT2D eigenvalue weighted by Crippen LogP contribution is 2.22. The van der Waals surface area contributed by atoms with Crippen molar-refractivity contribution in [1.82, 2.24) is 10.2 Å². The first-order valence-corrected chi connectivity index (χ1v) is 7.98. The van der Waals surface area contributed by atoms with Gasteiger partial charge < -0.3 is 20.1 Å². The number of carbonyl (C=O) groups excluding carboxylic acids is 1. The fourth-order valence-corrected chi connectivity index (χ4v) is 2.99. The van der Waals surface area contributed by atoms with Crippen molar-refractivity contribution in [2.24, 2.45) is 11.8 Å². The first kappa shape index (κ1) is 18.0. The molecule has 0 aliphatic carbocycles. The number of carbonyl (C=O) groups is 2. The summed E-state index contributed by atoms with van der Waals surface area (Å²) in [5.41, 5.74) is 0.754. The van der Waals surface area contributed by atoms with Gasteiger partial charge >= 0.3 is 12.0 Å². The van der Waals surface area contributed by atoms with Gasteiger partial charge in [0.25, 0.3) is 0 Å². The van der Waals surface area contributed by atoms with E-state index in [0.29, 0.717) is 25.9 Å². The smallest absolute Gasteiger partial charge is 0.317 e. The molecule has 2 rings (SSSR count). The lowest BCUT2D eigenvalue weighted by molar-refractivity contribution is -0.143. The second kappa shape index (κ2) is 7.99. The Bertz CT molecular complexity index is 608. The van der Waals surface area contributed by atoms with E-state index in [4.69, 9.17) is 9.84 Å². The summed E-state index contributed by atoms with van der Waals surface area (Å²) in [5, 5.41) is 11.9. The molecule has 0 radical (unpaired) electrons. The second-order valence-corrected chi connectivity index (χ2v) is 6.23. The lowest BCUT2D eigenvalue weighted by Gasteiger charge is -2.34. The molecule has 2 amide bonds. The number of ether oxygens (including phenoxy) is 1. The van der Waals surface area contributed by atoms with Gasteiger partial charge in [-0.2, -0.15) is 0 Å². The number of amides is 2. The van der Waals surface area contributed by atoms with Crippen molar-refractivity contribution >= 4 is 12.0 Å². The second-order valence-electron chi connectivity index (χ2n) is 6.23. The van der Waals surface area contributed by atoms with Crippen molar-refractivity contribution in [1.29, 1.82) is 0 Å². The van der Waals surface area contributed by atoms with Crippen LogP contribution in [0, 0.1) is 17.7 Å². The number of benzene rings is 1. The quantitative estimate of drug-likeness (QED) is 0.862. The monoisotopic (exact) mass is 338 g/mol. The molecule has 6 nitrogen and oxygen atoms in total. The van der Waals surface area contributed by atoms with Gasteiger partial charge in [0.15, 0.2) is 11.6 Å². The highest BCUT2D eigenvalue weighted by Gasteiger charge is 2.31. The highest BCUT2D eigenvalue weighted by molar-refractivity contribution is 5.76. The van der Waals surface area contributed by atoms with Crippen LogP contribution in [0.25, 0.3) is 0 Å². The van der Waals surface area contributed by atoms with Crippen molar-refractivity contribution < 1.29 is 23.8 Å². The Balaban J connectivity index is 1.84. The molecule has 0 bridgehead atoms. The standard InChI is InChI=1S/C17H23FN2O4/c1-11-7-13(16(21)22)10-20(9-11)17(23)19-6-5-12-3-4-15(24-2)14(18)8-12/h3-4,8,11,13H,5-7,9-10H2,1-2H3,(H,19,23)(H,21,22). The molecule has 0 spiro atoms. The number of nitrogens with one attached hydrogen (secondary N) is 1. The topological polar surface area (TPSA) is 78.9 Å². The molecule has 24 heavy (non-hydrogen) atoms. The van der Waals surface area contributed by atoms with E-state index in [0.717, 1.165) is 5.56 Å². The van der Waals surface area contributed by atoms with E-state index in [1.54, 1.807) is 17.0 Å². The number of carboxylic acid groups (broad SMARTS) is 1. The first-order valence-electron chi connectivity index (χ1n) is 7.98. The molecule has 0 saturated carbocycles. The Morgan fingerprint density at radius 1 is 1.42 bits per heavy atom. The number of halogens is 1. The van der Waals surface area contributed by atoms with E-state index >= 15 is 0 Å². The molecule has 1 aliphatic heterocycles. The summed E-state index contributed by atoms with van der Waals surface area (Å²) in [5.74, 6) is -1.48. The molecule has 0 aromatic heterocycles. The molecule has 1 aromatic rings. The number of nitrogens with zero attached hydrogens (tertiary/aromatic N) is 1. The summed E-state index contributed by atoms with van der Waals surface area (Å²) in [7, 11) is 1.41. The predicted molar refractivity (Wildman–Crippen MR) is 86.5 cm³/mol. The third-order valence-electron chi connectivity index (χ3n) is 4.20. The van der Waals surface area contributed by atoms with Crippen LogP contribution in [0.2, 0.25) is 0 Å². The van der Waals surface area contributed by atoms with Crippen molar-refractivity contribution in [2.75, 3.05) is 26.7 Å². The minimum Gasteiger partial charge on any atom is -0.494 e. The van der Waals surface area contributed by atoms with Crippen LogP contribution in [0.15, 0.2) is 18.2 Å². The Morgan fingerprint density at radius 3 is 2.79 bits per heavy atom. The Hall–Kier alpha value is -2.31. The Kier molecular flexibility index (Phi) is 6.00. The van der Waals surface area contributed by atoms with Crippen LogP contribution in [0.1, 0.15) is 18.9 Å². The number of methoxy groups -OCH3 is 1. The summed E-state index contributed by atoms with van der Waals surface area (Å²) in [4.78, 5) is 24.9. The van der Waals surface area contributed by atoms with Crippen LogP contribution in [0.3, 0.4) is 0 Å². The van der Waals surface area contributed by atoms with E-state index in [2.05, 4.69) is 5.32 Å². The third-order valence-corrected chi connectivity index (χ3v) is 4.20. The normalized spacial score (nSPS) is 20.5. The largest absolute Gasteiger partial charge is 0.494 e. The minimum atomic E-state index is -0.868. The number of urea groups is 1. The average molecular weight is 338 g/mol. The maximum Gasteiger partial charge on any atom is 0.317 e. The molecular formula is C17H23FN2O4. The molecule has 2 N–H and O–H groups in total. The molecule has 1 aromatic carbocycles. The SMILES string of the molecule is COc1ccc(CCNC(=O)N2CC(C)CC(C(=O)O)C2)cc1F. The van der Waals surface area contributed by atoms with E-state index in [1.165, 1.54) is 13.2 Å². The van der Waals surface area contributed by atoms with Gasteiger partial charge in [-0.3, -0.25) is 4.79 Å². The first-order chi connectivity index (χ1) is 11.4. The number of hydrogen-bond donors (Lipinski definition) is 2. The van der Waals surface area contributed by atoms with Crippen LogP contribution >= 0.6 is 0 Å². The summed E-state index contributed by atoms with van der Waals surface area (Å²) in [6.45, 7) is 3.07. The molecule has 132 valence electrons. The van der Waals surface area contributed by atoms with E-state index in [-0.39, 0.29) is 24.2 Å². The highest BCUT2D eigenvalue weighted by atomic mass is 19.1. The van der Waals surface area contributed by atoms with Gasteiger partial charge in [0.1, 0.15) is 0 Å². The number of aliphatic carboxylic acids is 1. The molecule has 2 atom stereocenters. The number of hydrogen-bond acceptors (Lipinski definition) is 3. The summed E-state index contributed by atoms with van der Waals surface area (Å²) in [6, 6.07) is 4.41. The van der Waals surface area contributed by atoms with Crippen LogP contribution < -0.4 is 10.1 Å². The minimum absolute atomic E-state index is 0.154. The summed E-state index contributed by atoms with van der Waals surface area (Å²) >= 11 is 0. The Morgan fingerprint density at radius 2 is 2.17 bits per heavy atom. The fourth-order valence-electron chi connectivity index (χ4n) is 2.99. The van der Waals surface area contributed by atoms with E-state index < -0.39 is 17.7 Å². The molecule has 2 unspecified atom stereocenters. The van der Waals surface area contributed by atoms with Crippen molar-refractivity contribution in [3.05, 3.63) is 29.6 Å². The van der Waals surface area contributed by atoms with Crippen molar-refractivity contribution in [2.45, 2.75) is 19.8 Å². The van der Waals surface area contributed by atoms with Gasteiger partial charge in [-0.1, -0.05) is 13.0 Å². The average Bonchev–Trinajstić information content (AvgIpc) is 2.54. The van der Waals surface area contributed by atoms with Crippen LogP contribution in [-0.4, -0.2) is 48.8 Å². The van der Waals surface area contributed by atoms with E-state index in [1.807, 2.05) is 6.92 Å². The van der Waals surface area contributed by atoms with Gasteiger partial charge in [0.2, 0.25) is 0 Å². The summed E-state index contributed by atoms with van der Waals surface area (Å²) < 4.78 is 18.5. The molecule has 7 heteroatoms.